The van der Waals surface area contributed by atoms with Crippen molar-refractivity contribution < 1.29 is 9.47 Å². The van der Waals surface area contributed by atoms with E-state index in [1.54, 1.807) is 0 Å². The van der Waals surface area contributed by atoms with Crippen molar-refractivity contribution in [1.82, 2.24) is 0 Å². The summed E-state index contributed by atoms with van der Waals surface area (Å²) < 4.78 is 11.2. The van der Waals surface area contributed by atoms with Crippen LogP contribution in [0.25, 0.3) is 0 Å². The van der Waals surface area contributed by atoms with Crippen molar-refractivity contribution in [2.45, 2.75) is 18.8 Å². The summed E-state index contributed by atoms with van der Waals surface area (Å²) in [7, 11) is 0. The van der Waals surface area contributed by atoms with E-state index >= 15 is 0 Å². The summed E-state index contributed by atoms with van der Waals surface area (Å²) in [6.07, 6.45) is 0.649. The molecule has 2 atom stereocenters. The van der Waals surface area contributed by atoms with Gasteiger partial charge in [0.1, 0.15) is 0 Å². The van der Waals surface area contributed by atoms with Crippen LogP contribution in [0.2, 0.25) is 5.02 Å². The molecule has 2 unspecified atom stereocenters. The Labute approximate surface area is 94.1 Å². The van der Waals surface area contributed by atoms with Crippen molar-refractivity contribution in [1.29, 1.82) is 0 Å². The standard InChI is InChI=1S/C11H14ClNO2/c12-9-3-1-2-8(6-9)11-14-7-10(15-11)4-5-13/h1-3,6,10-11H,4-5,7,13H2. The highest BCUT2D eigenvalue weighted by Crippen LogP contribution is 2.29. The van der Waals surface area contributed by atoms with Crippen LogP contribution in [-0.4, -0.2) is 19.3 Å². The van der Waals surface area contributed by atoms with E-state index in [9.17, 15) is 0 Å². The van der Waals surface area contributed by atoms with E-state index in [1.165, 1.54) is 0 Å². The zero-order valence-corrected chi connectivity index (χ0v) is 9.11. The molecule has 4 heteroatoms. The predicted molar refractivity (Wildman–Crippen MR) is 58.7 cm³/mol. The largest absolute Gasteiger partial charge is 0.346 e. The summed E-state index contributed by atoms with van der Waals surface area (Å²) in [5, 5.41) is 0.696. The maximum Gasteiger partial charge on any atom is 0.184 e. The molecule has 15 heavy (non-hydrogen) atoms. The number of hydrogen-bond acceptors (Lipinski definition) is 3. The maximum atomic E-state index is 5.89. The molecule has 1 aromatic rings. The zero-order valence-electron chi connectivity index (χ0n) is 8.36. The van der Waals surface area contributed by atoms with Gasteiger partial charge in [0.05, 0.1) is 12.7 Å². The summed E-state index contributed by atoms with van der Waals surface area (Å²) in [6, 6.07) is 7.52. The lowest BCUT2D eigenvalue weighted by Gasteiger charge is -2.11. The Morgan fingerprint density at radius 2 is 2.33 bits per heavy atom. The average molecular weight is 228 g/mol. The molecule has 0 bridgehead atoms. The van der Waals surface area contributed by atoms with Crippen LogP contribution in [0.3, 0.4) is 0 Å². The van der Waals surface area contributed by atoms with Crippen LogP contribution in [0.1, 0.15) is 18.3 Å². The second-order valence-corrected chi connectivity index (χ2v) is 3.99. The molecule has 0 aromatic heterocycles. The van der Waals surface area contributed by atoms with Crippen LogP contribution in [0.5, 0.6) is 0 Å². The highest BCUT2D eigenvalue weighted by atomic mass is 35.5. The van der Waals surface area contributed by atoms with E-state index in [4.69, 9.17) is 26.8 Å². The van der Waals surface area contributed by atoms with Crippen molar-refractivity contribution in [2.75, 3.05) is 13.2 Å². The number of halogens is 1. The van der Waals surface area contributed by atoms with Crippen LogP contribution in [0.15, 0.2) is 24.3 Å². The third-order valence-corrected chi connectivity index (χ3v) is 2.59. The van der Waals surface area contributed by atoms with Crippen molar-refractivity contribution >= 4 is 11.6 Å². The van der Waals surface area contributed by atoms with Crippen LogP contribution >= 0.6 is 11.6 Å². The second-order valence-electron chi connectivity index (χ2n) is 3.56. The highest BCUT2D eigenvalue weighted by Gasteiger charge is 2.26. The van der Waals surface area contributed by atoms with Gasteiger partial charge in [-0.1, -0.05) is 23.7 Å². The van der Waals surface area contributed by atoms with Crippen molar-refractivity contribution in [3.8, 4) is 0 Å². The van der Waals surface area contributed by atoms with Gasteiger partial charge in [-0.15, -0.1) is 0 Å². The van der Waals surface area contributed by atoms with Gasteiger partial charge in [-0.3, -0.25) is 0 Å². The first-order valence-electron chi connectivity index (χ1n) is 5.02. The summed E-state index contributed by atoms with van der Waals surface area (Å²) in [4.78, 5) is 0. The Bertz CT molecular complexity index is 332. The number of hydrogen-bond donors (Lipinski definition) is 1. The number of benzene rings is 1. The number of ether oxygens (including phenoxy) is 2. The van der Waals surface area contributed by atoms with Gasteiger partial charge in [-0.25, -0.2) is 0 Å². The van der Waals surface area contributed by atoms with Crippen molar-refractivity contribution in [3.63, 3.8) is 0 Å². The van der Waals surface area contributed by atoms with Crippen LogP contribution in [0, 0.1) is 0 Å². The minimum Gasteiger partial charge on any atom is -0.346 e. The molecule has 0 aliphatic carbocycles. The Hall–Kier alpha value is -0.610. The molecule has 1 heterocycles. The van der Waals surface area contributed by atoms with Crippen LogP contribution < -0.4 is 5.73 Å². The first-order valence-corrected chi connectivity index (χ1v) is 5.40. The Morgan fingerprint density at radius 1 is 1.47 bits per heavy atom. The molecule has 1 aliphatic rings. The van der Waals surface area contributed by atoms with Gasteiger partial charge < -0.3 is 15.2 Å². The third kappa shape index (κ3) is 2.69. The molecule has 3 nitrogen and oxygen atoms in total. The lowest BCUT2D eigenvalue weighted by atomic mass is 10.2. The maximum absolute atomic E-state index is 5.89. The van der Waals surface area contributed by atoms with E-state index in [0.717, 1.165) is 12.0 Å². The quantitative estimate of drug-likeness (QED) is 0.860. The molecule has 1 aromatic carbocycles. The van der Waals surface area contributed by atoms with E-state index in [-0.39, 0.29) is 12.4 Å². The van der Waals surface area contributed by atoms with Gasteiger partial charge >= 0.3 is 0 Å². The molecule has 0 spiro atoms. The molecule has 0 saturated carbocycles. The molecular weight excluding hydrogens is 214 g/mol. The molecule has 1 saturated heterocycles. The fourth-order valence-electron chi connectivity index (χ4n) is 1.61. The zero-order chi connectivity index (χ0) is 10.7. The Balaban J connectivity index is 2.01. The van der Waals surface area contributed by atoms with Crippen molar-refractivity contribution in [2.24, 2.45) is 5.73 Å². The predicted octanol–water partition coefficient (Wildman–Crippen LogP) is 2.10. The molecule has 1 fully saturated rings. The van der Waals surface area contributed by atoms with E-state index in [0.29, 0.717) is 18.2 Å². The third-order valence-electron chi connectivity index (χ3n) is 2.36. The van der Waals surface area contributed by atoms with Gasteiger partial charge in [0.2, 0.25) is 0 Å². The molecule has 2 N–H and O–H groups in total. The lowest BCUT2D eigenvalue weighted by Crippen LogP contribution is -2.15. The molecule has 1 aliphatic heterocycles. The summed E-state index contributed by atoms with van der Waals surface area (Å²) in [5.41, 5.74) is 6.42. The topological polar surface area (TPSA) is 44.5 Å². The molecular formula is C11H14ClNO2. The number of nitrogens with two attached hydrogens (primary N) is 1. The first-order chi connectivity index (χ1) is 7.29. The smallest absolute Gasteiger partial charge is 0.184 e. The summed E-state index contributed by atoms with van der Waals surface area (Å²) >= 11 is 5.89. The van der Waals surface area contributed by atoms with Gasteiger partial charge in [0.25, 0.3) is 0 Å². The lowest BCUT2D eigenvalue weighted by molar-refractivity contribution is -0.0607. The van der Waals surface area contributed by atoms with Crippen LogP contribution in [-0.2, 0) is 9.47 Å². The molecule has 2 rings (SSSR count). The molecule has 0 amide bonds. The molecule has 0 radical (unpaired) electrons. The minimum absolute atomic E-state index is 0.110. The Kier molecular flexibility index (Phi) is 3.59. The van der Waals surface area contributed by atoms with Gasteiger partial charge in [-0.05, 0) is 25.1 Å². The van der Waals surface area contributed by atoms with E-state index in [1.807, 2.05) is 24.3 Å². The molecule has 82 valence electrons. The van der Waals surface area contributed by atoms with Gasteiger partial charge in [-0.2, -0.15) is 0 Å². The number of rotatable bonds is 3. The van der Waals surface area contributed by atoms with Crippen molar-refractivity contribution in [3.05, 3.63) is 34.9 Å². The van der Waals surface area contributed by atoms with E-state index < -0.39 is 0 Å². The van der Waals surface area contributed by atoms with Gasteiger partial charge in [0, 0.05) is 10.6 Å². The van der Waals surface area contributed by atoms with E-state index in [2.05, 4.69) is 0 Å². The highest BCUT2D eigenvalue weighted by molar-refractivity contribution is 6.30. The van der Waals surface area contributed by atoms with Gasteiger partial charge in [0.15, 0.2) is 6.29 Å². The summed E-state index contributed by atoms with van der Waals surface area (Å²) in [6.45, 7) is 1.23. The SMILES string of the molecule is NCCC1COC(c2cccc(Cl)c2)O1. The average Bonchev–Trinajstić information content (AvgIpc) is 2.67. The fraction of sp³-hybridized carbons (Fsp3) is 0.455. The summed E-state index contributed by atoms with van der Waals surface area (Å²) in [5.74, 6) is 0. The fourth-order valence-corrected chi connectivity index (χ4v) is 1.81. The first kappa shape index (κ1) is 10.9. The second kappa shape index (κ2) is 4.94. The Morgan fingerprint density at radius 3 is 3.07 bits per heavy atom. The normalized spacial score (nSPS) is 25.7. The minimum atomic E-state index is -0.291. The van der Waals surface area contributed by atoms with Crippen LogP contribution in [0.4, 0.5) is 0 Å². The monoisotopic (exact) mass is 227 g/mol.